The van der Waals surface area contributed by atoms with Gasteiger partial charge in [-0.05, 0) is 46.6 Å². The van der Waals surface area contributed by atoms with Crippen molar-refractivity contribution < 1.29 is 8.91 Å². The molecule has 0 saturated carbocycles. The predicted octanol–water partition coefficient (Wildman–Crippen LogP) is 5.01. The van der Waals surface area contributed by atoms with Crippen LogP contribution in [0, 0.1) is 24.1 Å². The zero-order valence-electron chi connectivity index (χ0n) is 12.6. The molecule has 1 aromatic heterocycles. The number of aromatic nitrogens is 2. The van der Waals surface area contributed by atoms with Crippen molar-refractivity contribution in [3.63, 3.8) is 0 Å². The maximum absolute atomic E-state index is 13.3. The normalized spacial score (nSPS) is 11.3. The lowest BCUT2D eigenvalue weighted by atomic mass is 10.1. The van der Waals surface area contributed by atoms with Crippen LogP contribution in [0.3, 0.4) is 0 Å². The highest BCUT2D eigenvalue weighted by Gasteiger charge is 2.13. The first kappa shape index (κ1) is 16.1. The van der Waals surface area contributed by atoms with Crippen LogP contribution in [0.15, 0.2) is 51.5 Å². The lowest BCUT2D eigenvalue weighted by Crippen LogP contribution is -1.85. The second-order valence-electron chi connectivity index (χ2n) is 5.13. The first-order valence-electron chi connectivity index (χ1n) is 7.05. The molecule has 2 aromatic carbocycles. The molecule has 3 rings (SSSR count). The van der Waals surface area contributed by atoms with Gasteiger partial charge in [0.2, 0.25) is 5.82 Å². The predicted molar refractivity (Wildman–Crippen MR) is 92.1 cm³/mol. The Labute approximate surface area is 146 Å². The number of benzene rings is 2. The largest absolute Gasteiger partial charge is 0.333 e. The minimum absolute atomic E-state index is 0.119. The molecule has 24 heavy (non-hydrogen) atoms. The average molecular weight is 384 g/mol. The van der Waals surface area contributed by atoms with Crippen LogP contribution in [0.1, 0.15) is 17.0 Å². The van der Waals surface area contributed by atoms with Crippen LogP contribution in [0.2, 0.25) is 0 Å². The fraction of sp³-hybridized carbons (Fsp3) is 0.0556. The molecule has 4 nitrogen and oxygen atoms in total. The Balaban J connectivity index is 1.94. The van der Waals surface area contributed by atoms with Crippen molar-refractivity contribution in [2.75, 3.05) is 0 Å². The van der Waals surface area contributed by atoms with E-state index in [1.807, 2.05) is 37.3 Å². The first-order valence-corrected chi connectivity index (χ1v) is 7.84. The fourth-order valence-electron chi connectivity index (χ4n) is 2.06. The van der Waals surface area contributed by atoms with Gasteiger partial charge >= 0.3 is 0 Å². The summed E-state index contributed by atoms with van der Waals surface area (Å²) in [5, 5.41) is 13.3. The number of hydrogen-bond acceptors (Lipinski definition) is 4. The summed E-state index contributed by atoms with van der Waals surface area (Å²) in [6.45, 7) is 1.99. The number of allylic oxidation sites excluding steroid dienone is 1. The number of hydrogen-bond donors (Lipinski definition) is 0. The summed E-state index contributed by atoms with van der Waals surface area (Å²) in [5.41, 5.74) is 2.79. The maximum Gasteiger partial charge on any atom is 0.268 e. The molecule has 0 radical (unpaired) electrons. The van der Waals surface area contributed by atoms with E-state index < -0.39 is 0 Å². The second-order valence-corrected chi connectivity index (χ2v) is 5.99. The van der Waals surface area contributed by atoms with E-state index in [-0.39, 0.29) is 17.3 Å². The molecule has 118 valence electrons. The van der Waals surface area contributed by atoms with Crippen molar-refractivity contribution >= 4 is 27.6 Å². The van der Waals surface area contributed by atoms with Gasteiger partial charge < -0.3 is 4.52 Å². The van der Waals surface area contributed by atoms with Gasteiger partial charge in [-0.15, -0.1) is 0 Å². The van der Waals surface area contributed by atoms with Gasteiger partial charge in [-0.25, -0.2) is 4.39 Å². The number of nitrogens with zero attached hydrogens (tertiary/aromatic N) is 3. The van der Waals surface area contributed by atoms with Crippen LogP contribution >= 0.6 is 15.9 Å². The topological polar surface area (TPSA) is 62.7 Å². The highest BCUT2D eigenvalue weighted by molar-refractivity contribution is 9.10. The quantitative estimate of drug-likeness (QED) is 0.596. The Hall–Kier alpha value is -2.78. The van der Waals surface area contributed by atoms with E-state index >= 15 is 0 Å². The minimum Gasteiger partial charge on any atom is -0.333 e. The molecule has 0 spiro atoms. The van der Waals surface area contributed by atoms with Gasteiger partial charge in [0.15, 0.2) is 0 Å². The monoisotopic (exact) mass is 383 g/mol. The molecule has 0 atom stereocenters. The van der Waals surface area contributed by atoms with Crippen LogP contribution in [0.25, 0.3) is 23.0 Å². The number of aryl methyl sites for hydroxylation is 1. The lowest BCUT2D eigenvalue weighted by Gasteiger charge is -1.97. The molecule has 0 aliphatic rings. The van der Waals surface area contributed by atoms with Crippen molar-refractivity contribution in [2.24, 2.45) is 0 Å². The van der Waals surface area contributed by atoms with E-state index in [0.29, 0.717) is 15.9 Å². The SMILES string of the molecule is Cc1ccc(-c2noc(/C(C#N)=C/c3ccc(F)c(Br)c3)n2)cc1. The van der Waals surface area contributed by atoms with Crippen molar-refractivity contribution in [1.29, 1.82) is 5.26 Å². The summed E-state index contributed by atoms with van der Waals surface area (Å²) in [4.78, 5) is 4.26. The molecule has 0 unspecified atom stereocenters. The van der Waals surface area contributed by atoms with Crippen LogP contribution in [0.4, 0.5) is 4.39 Å². The number of halogens is 2. The molecule has 0 amide bonds. The molecular formula is C18H11BrFN3O. The molecule has 0 aliphatic heterocycles. The summed E-state index contributed by atoms with van der Waals surface area (Å²) in [6, 6.07) is 14.1. The molecule has 6 heteroatoms. The summed E-state index contributed by atoms with van der Waals surface area (Å²) in [5.74, 6) is 0.157. The van der Waals surface area contributed by atoms with Gasteiger partial charge in [0.1, 0.15) is 17.5 Å². The van der Waals surface area contributed by atoms with E-state index in [2.05, 4.69) is 26.1 Å². The van der Waals surface area contributed by atoms with E-state index in [1.54, 1.807) is 18.2 Å². The van der Waals surface area contributed by atoms with Gasteiger partial charge in [0, 0.05) is 5.56 Å². The van der Waals surface area contributed by atoms with Gasteiger partial charge in [0.25, 0.3) is 5.89 Å². The average Bonchev–Trinajstić information content (AvgIpc) is 3.06. The number of nitriles is 1. The van der Waals surface area contributed by atoms with Crippen molar-refractivity contribution in [2.45, 2.75) is 6.92 Å². The Bertz CT molecular complexity index is 955. The Morgan fingerprint density at radius 3 is 2.67 bits per heavy atom. The van der Waals surface area contributed by atoms with Crippen LogP contribution in [-0.2, 0) is 0 Å². The summed E-state index contributed by atoms with van der Waals surface area (Å²) >= 11 is 3.12. The van der Waals surface area contributed by atoms with Crippen molar-refractivity contribution in [3.8, 4) is 17.5 Å². The van der Waals surface area contributed by atoms with Crippen molar-refractivity contribution in [3.05, 3.63) is 69.8 Å². The van der Waals surface area contributed by atoms with E-state index in [9.17, 15) is 9.65 Å². The highest BCUT2D eigenvalue weighted by atomic mass is 79.9. The van der Waals surface area contributed by atoms with Gasteiger partial charge in [-0.3, -0.25) is 0 Å². The molecule has 0 aliphatic carbocycles. The minimum atomic E-state index is -0.370. The molecule has 0 saturated heterocycles. The number of rotatable bonds is 3. The molecular weight excluding hydrogens is 373 g/mol. The fourth-order valence-corrected chi connectivity index (χ4v) is 2.46. The molecule has 3 aromatic rings. The smallest absolute Gasteiger partial charge is 0.268 e. The third-order valence-electron chi connectivity index (χ3n) is 3.34. The van der Waals surface area contributed by atoms with E-state index in [1.165, 1.54) is 6.07 Å². The van der Waals surface area contributed by atoms with Crippen LogP contribution in [-0.4, -0.2) is 10.1 Å². The van der Waals surface area contributed by atoms with Gasteiger partial charge in [0.05, 0.1) is 4.47 Å². The van der Waals surface area contributed by atoms with Crippen LogP contribution < -0.4 is 0 Å². The highest BCUT2D eigenvalue weighted by Crippen LogP contribution is 2.23. The summed E-state index contributed by atoms with van der Waals surface area (Å²) in [6.07, 6.45) is 1.57. The van der Waals surface area contributed by atoms with Gasteiger partial charge in [-0.1, -0.05) is 41.1 Å². The molecule has 1 heterocycles. The lowest BCUT2D eigenvalue weighted by molar-refractivity contribution is 0.409. The maximum atomic E-state index is 13.3. The first-order chi connectivity index (χ1) is 11.6. The second kappa shape index (κ2) is 6.77. The Morgan fingerprint density at radius 2 is 2.00 bits per heavy atom. The Kier molecular flexibility index (Phi) is 4.54. The molecule has 0 fully saturated rings. The van der Waals surface area contributed by atoms with Gasteiger partial charge in [-0.2, -0.15) is 10.2 Å². The molecule has 0 N–H and O–H groups in total. The summed E-state index contributed by atoms with van der Waals surface area (Å²) in [7, 11) is 0. The van der Waals surface area contributed by atoms with E-state index in [4.69, 9.17) is 4.52 Å². The van der Waals surface area contributed by atoms with Crippen molar-refractivity contribution in [1.82, 2.24) is 10.1 Å². The zero-order valence-corrected chi connectivity index (χ0v) is 14.2. The third-order valence-corrected chi connectivity index (χ3v) is 3.95. The summed E-state index contributed by atoms with van der Waals surface area (Å²) < 4.78 is 18.8. The standard InChI is InChI=1S/C18H11BrFN3O/c1-11-2-5-13(6-3-11)17-22-18(24-23-17)14(10-21)8-12-4-7-16(20)15(19)9-12/h2-9H,1H3/b14-8+. The van der Waals surface area contributed by atoms with Crippen LogP contribution in [0.5, 0.6) is 0 Å². The van der Waals surface area contributed by atoms with E-state index in [0.717, 1.165) is 11.1 Å². The molecule has 0 bridgehead atoms. The zero-order chi connectivity index (χ0) is 17.1. The Morgan fingerprint density at radius 1 is 1.25 bits per heavy atom. The third kappa shape index (κ3) is 3.42.